The van der Waals surface area contributed by atoms with E-state index in [4.69, 9.17) is 0 Å². The summed E-state index contributed by atoms with van der Waals surface area (Å²) in [6.07, 6.45) is 1.01. The number of hydrogen-bond donors (Lipinski definition) is 1. The van der Waals surface area contributed by atoms with Gasteiger partial charge in [-0.2, -0.15) is 0 Å². The summed E-state index contributed by atoms with van der Waals surface area (Å²) in [7, 11) is 2.07. The zero-order valence-corrected chi connectivity index (χ0v) is 12.4. The lowest BCUT2D eigenvalue weighted by Crippen LogP contribution is -2.22. The third kappa shape index (κ3) is 3.95. The Morgan fingerprint density at radius 1 is 1.15 bits per heavy atom. The molecule has 106 valence electrons. The van der Waals surface area contributed by atoms with Crippen LogP contribution in [0, 0.1) is 6.92 Å². The summed E-state index contributed by atoms with van der Waals surface area (Å²) in [5, 5.41) is 3.24. The molecule has 0 bridgehead atoms. The van der Waals surface area contributed by atoms with Crippen molar-refractivity contribution in [2.75, 3.05) is 30.4 Å². The maximum atomic E-state index is 4.50. The van der Waals surface area contributed by atoms with E-state index in [9.17, 15) is 0 Å². The van der Waals surface area contributed by atoms with Gasteiger partial charge in [0.15, 0.2) is 0 Å². The fourth-order valence-corrected chi connectivity index (χ4v) is 2.08. The monoisotopic (exact) mass is 270 g/mol. The molecule has 4 heteroatoms. The molecule has 1 aromatic carbocycles. The van der Waals surface area contributed by atoms with E-state index in [1.54, 1.807) is 0 Å². The van der Waals surface area contributed by atoms with Crippen molar-refractivity contribution in [3.05, 3.63) is 47.8 Å². The van der Waals surface area contributed by atoms with Gasteiger partial charge >= 0.3 is 0 Å². The molecule has 0 saturated heterocycles. The van der Waals surface area contributed by atoms with Crippen molar-refractivity contribution in [2.45, 2.75) is 20.3 Å². The van der Waals surface area contributed by atoms with Crippen molar-refractivity contribution in [2.24, 2.45) is 0 Å². The first kappa shape index (κ1) is 14.3. The third-order valence-corrected chi connectivity index (χ3v) is 3.15. The van der Waals surface area contributed by atoms with Crippen LogP contribution >= 0.6 is 0 Å². The van der Waals surface area contributed by atoms with Gasteiger partial charge in [0.05, 0.1) is 0 Å². The highest BCUT2D eigenvalue weighted by Gasteiger charge is 2.06. The number of nitrogens with one attached hydrogen (secondary N) is 1. The van der Waals surface area contributed by atoms with Gasteiger partial charge in [-0.3, -0.25) is 0 Å². The normalized spacial score (nSPS) is 10.3. The predicted octanol–water partition coefficient (Wildman–Crippen LogP) is 2.90. The summed E-state index contributed by atoms with van der Waals surface area (Å²) >= 11 is 0. The van der Waals surface area contributed by atoms with Crippen molar-refractivity contribution in [3.63, 3.8) is 0 Å². The molecular formula is C16H22N4. The first-order chi connectivity index (χ1) is 9.69. The zero-order chi connectivity index (χ0) is 14.4. The molecule has 0 radical (unpaired) electrons. The molecule has 0 aliphatic rings. The second kappa shape index (κ2) is 6.89. The summed E-state index contributed by atoms with van der Waals surface area (Å²) in [4.78, 5) is 11.0. The van der Waals surface area contributed by atoms with E-state index in [0.717, 1.165) is 37.0 Å². The van der Waals surface area contributed by atoms with E-state index in [1.807, 2.05) is 19.1 Å². The number of rotatable bonds is 6. The average molecular weight is 270 g/mol. The van der Waals surface area contributed by atoms with Crippen LogP contribution in [0.2, 0.25) is 0 Å². The lowest BCUT2D eigenvalue weighted by atomic mass is 10.1. The molecule has 0 unspecified atom stereocenters. The highest BCUT2D eigenvalue weighted by atomic mass is 15.2. The minimum Gasteiger partial charge on any atom is -0.370 e. The Morgan fingerprint density at radius 2 is 1.90 bits per heavy atom. The number of benzene rings is 1. The predicted molar refractivity (Wildman–Crippen MR) is 84.3 cm³/mol. The summed E-state index contributed by atoms with van der Waals surface area (Å²) in [6.45, 7) is 5.79. The quantitative estimate of drug-likeness (QED) is 0.876. The smallest absolute Gasteiger partial charge is 0.134 e. The molecule has 4 nitrogen and oxygen atoms in total. The Balaban J connectivity index is 2.03. The number of likely N-dealkylation sites (N-methyl/N-ethyl adjacent to an activating group) is 1. The van der Waals surface area contributed by atoms with Crippen LogP contribution in [0.15, 0.2) is 36.4 Å². The van der Waals surface area contributed by atoms with Crippen LogP contribution in [-0.2, 0) is 6.42 Å². The van der Waals surface area contributed by atoms with Crippen molar-refractivity contribution in [1.29, 1.82) is 0 Å². The topological polar surface area (TPSA) is 41.0 Å². The number of hydrogen-bond acceptors (Lipinski definition) is 4. The fourth-order valence-electron chi connectivity index (χ4n) is 2.08. The van der Waals surface area contributed by atoms with E-state index in [-0.39, 0.29) is 0 Å². The van der Waals surface area contributed by atoms with Gasteiger partial charge < -0.3 is 10.2 Å². The van der Waals surface area contributed by atoms with Crippen LogP contribution in [0.3, 0.4) is 0 Å². The minimum atomic E-state index is 0.796. The Morgan fingerprint density at radius 3 is 2.60 bits per heavy atom. The van der Waals surface area contributed by atoms with Gasteiger partial charge in [-0.05, 0) is 25.8 Å². The molecule has 2 aromatic rings. The average Bonchev–Trinajstić information content (AvgIpc) is 2.45. The van der Waals surface area contributed by atoms with Crippen LogP contribution in [0.5, 0.6) is 0 Å². The molecule has 20 heavy (non-hydrogen) atoms. The van der Waals surface area contributed by atoms with Crippen molar-refractivity contribution in [1.82, 2.24) is 9.97 Å². The van der Waals surface area contributed by atoms with Gasteiger partial charge in [0.2, 0.25) is 0 Å². The van der Waals surface area contributed by atoms with Gasteiger partial charge in [-0.15, -0.1) is 0 Å². The van der Waals surface area contributed by atoms with Crippen LogP contribution in [-0.4, -0.2) is 30.1 Å². The summed E-state index contributed by atoms with van der Waals surface area (Å²) in [5.74, 6) is 2.65. The standard InChI is InChI=1S/C16H22N4/c1-4-17-15-12-16(19-13(2)18-15)20(3)11-10-14-8-6-5-7-9-14/h5-9,12H,4,10-11H2,1-3H3,(H,17,18,19). The Kier molecular flexibility index (Phi) is 4.93. The van der Waals surface area contributed by atoms with E-state index in [1.165, 1.54) is 5.56 Å². The van der Waals surface area contributed by atoms with E-state index >= 15 is 0 Å². The molecule has 0 aliphatic heterocycles. The van der Waals surface area contributed by atoms with Crippen molar-refractivity contribution < 1.29 is 0 Å². The molecule has 2 rings (SSSR count). The highest BCUT2D eigenvalue weighted by molar-refractivity contribution is 5.49. The second-order valence-electron chi connectivity index (χ2n) is 4.85. The van der Waals surface area contributed by atoms with E-state index in [2.05, 4.69) is 58.4 Å². The molecule has 1 N–H and O–H groups in total. The van der Waals surface area contributed by atoms with Gasteiger partial charge in [0.25, 0.3) is 0 Å². The van der Waals surface area contributed by atoms with Crippen LogP contribution < -0.4 is 10.2 Å². The number of aromatic nitrogens is 2. The molecule has 0 saturated carbocycles. The van der Waals surface area contributed by atoms with Gasteiger partial charge in [-0.1, -0.05) is 30.3 Å². The molecule has 1 aromatic heterocycles. The van der Waals surface area contributed by atoms with E-state index < -0.39 is 0 Å². The fraction of sp³-hybridized carbons (Fsp3) is 0.375. The highest BCUT2D eigenvalue weighted by Crippen LogP contribution is 2.15. The SMILES string of the molecule is CCNc1cc(N(C)CCc2ccccc2)nc(C)n1. The molecular weight excluding hydrogens is 248 g/mol. The maximum Gasteiger partial charge on any atom is 0.134 e. The third-order valence-electron chi connectivity index (χ3n) is 3.15. The molecule has 0 aliphatic carbocycles. The van der Waals surface area contributed by atoms with Gasteiger partial charge in [-0.25, -0.2) is 9.97 Å². The minimum absolute atomic E-state index is 0.796. The maximum absolute atomic E-state index is 4.50. The lowest BCUT2D eigenvalue weighted by molar-refractivity contribution is 0.848. The van der Waals surface area contributed by atoms with Crippen LogP contribution in [0.1, 0.15) is 18.3 Å². The lowest BCUT2D eigenvalue weighted by Gasteiger charge is -2.19. The first-order valence-corrected chi connectivity index (χ1v) is 7.03. The molecule has 0 amide bonds. The summed E-state index contributed by atoms with van der Waals surface area (Å²) in [6, 6.07) is 12.5. The summed E-state index contributed by atoms with van der Waals surface area (Å²) in [5.41, 5.74) is 1.34. The zero-order valence-electron chi connectivity index (χ0n) is 12.4. The first-order valence-electron chi connectivity index (χ1n) is 7.03. The van der Waals surface area contributed by atoms with Gasteiger partial charge in [0, 0.05) is 26.2 Å². The molecule has 1 heterocycles. The van der Waals surface area contributed by atoms with Gasteiger partial charge in [0.1, 0.15) is 17.5 Å². The Hall–Kier alpha value is -2.10. The Bertz CT molecular complexity index is 539. The number of anilines is 2. The van der Waals surface area contributed by atoms with Crippen molar-refractivity contribution >= 4 is 11.6 Å². The largest absolute Gasteiger partial charge is 0.370 e. The van der Waals surface area contributed by atoms with Crippen LogP contribution in [0.25, 0.3) is 0 Å². The van der Waals surface area contributed by atoms with Crippen molar-refractivity contribution in [3.8, 4) is 0 Å². The van der Waals surface area contributed by atoms with Crippen LogP contribution in [0.4, 0.5) is 11.6 Å². The number of aryl methyl sites for hydroxylation is 1. The summed E-state index contributed by atoms with van der Waals surface area (Å²) < 4.78 is 0. The molecule has 0 fully saturated rings. The molecule has 0 atom stereocenters. The second-order valence-corrected chi connectivity index (χ2v) is 4.85. The van der Waals surface area contributed by atoms with E-state index in [0.29, 0.717) is 0 Å². The Labute approximate surface area is 120 Å². The molecule has 0 spiro atoms. The number of nitrogens with zero attached hydrogens (tertiary/aromatic N) is 3.